The van der Waals surface area contributed by atoms with E-state index >= 15 is 0 Å². The quantitative estimate of drug-likeness (QED) is 0.917. The van der Waals surface area contributed by atoms with Gasteiger partial charge < -0.3 is 14.6 Å². The van der Waals surface area contributed by atoms with Crippen molar-refractivity contribution in [3.63, 3.8) is 0 Å². The molecule has 15 heavy (non-hydrogen) atoms. The molecule has 0 fully saturated rings. The van der Waals surface area contributed by atoms with Crippen LogP contribution in [0.5, 0.6) is 11.5 Å². The van der Waals surface area contributed by atoms with Crippen molar-refractivity contribution in [3.8, 4) is 11.5 Å². The van der Waals surface area contributed by atoms with Gasteiger partial charge in [-0.3, -0.25) is 0 Å². The molecule has 0 amide bonds. The van der Waals surface area contributed by atoms with Crippen molar-refractivity contribution in [1.82, 2.24) is 0 Å². The van der Waals surface area contributed by atoms with Crippen LogP contribution < -0.4 is 9.47 Å². The smallest absolute Gasteiger partial charge is 0.136 e. The number of methoxy groups -OCH3 is 2. The van der Waals surface area contributed by atoms with Crippen LogP contribution in [0.4, 0.5) is 0 Å². The fourth-order valence-electron chi connectivity index (χ4n) is 1.40. The predicted molar refractivity (Wildman–Crippen MR) is 62.6 cm³/mol. The van der Waals surface area contributed by atoms with Crippen LogP contribution in [-0.2, 0) is 6.42 Å². The average molecular weight is 275 g/mol. The van der Waals surface area contributed by atoms with Gasteiger partial charge >= 0.3 is 0 Å². The SMILES string of the molecule is COc1cc(OC)c(CC(C)O)cc1Br. The summed E-state index contributed by atoms with van der Waals surface area (Å²) < 4.78 is 11.3. The Balaban J connectivity index is 3.09. The third-order valence-corrected chi connectivity index (χ3v) is 2.69. The van der Waals surface area contributed by atoms with Crippen molar-refractivity contribution in [2.45, 2.75) is 19.4 Å². The highest BCUT2D eigenvalue weighted by atomic mass is 79.9. The van der Waals surface area contributed by atoms with Crippen molar-refractivity contribution in [1.29, 1.82) is 0 Å². The summed E-state index contributed by atoms with van der Waals surface area (Å²) in [7, 11) is 3.21. The van der Waals surface area contributed by atoms with E-state index in [1.807, 2.05) is 12.1 Å². The maximum atomic E-state index is 9.34. The molecule has 0 bridgehead atoms. The van der Waals surface area contributed by atoms with Crippen LogP contribution in [0.3, 0.4) is 0 Å². The lowest BCUT2D eigenvalue weighted by Crippen LogP contribution is -2.06. The lowest BCUT2D eigenvalue weighted by atomic mass is 10.1. The lowest BCUT2D eigenvalue weighted by molar-refractivity contribution is 0.194. The highest BCUT2D eigenvalue weighted by Crippen LogP contribution is 2.33. The van der Waals surface area contributed by atoms with Gasteiger partial charge in [0.25, 0.3) is 0 Å². The van der Waals surface area contributed by atoms with Crippen LogP contribution in [0.25, 0.3) is 0 Å². The Morgan fingerprint density at radius 1 is 1.27 bits per heavy atom. The third kappa shape index (κ3) is 3.11. The van der Waals surface area contributed by atoms with Crippen LogP contribution in [0.1, 0.15) is 12.5 Å². The van der Waals surface area contributed by atoms with E-state index in [2.05, 4.69) is 15.9 Å². The molecule has 0 aliphatic heterocycles. The minimum atomic E-state index is -0.390. The molecule has 4 heteroatoms. The van der Waals surface area contributed by atoms with E-state index in [9.17, 15) is 5.11 Å². The fourth-order valence-corrected chi connectivity index (χ4v) is 1.95. The Morgan fingerprint density at radius 3 is 2.33 bits per heavy atom. The van der Waals surface area contributed by atoms with Crippen molar-refractivity contribution in [2.75, 3.05) is 14.2 Å². The first-order chi connectivity index (χ1) is 7.08. The zero-order valence-corrected chi connectivity index (χ0v) is 10.7. The van der Waals surface area contributed by atoms with Gasteiger partial charge in [-0.2, -0.15) is 0 Å². The minimum Gasteiger partial charge on any atom is -0.496 e. The summed E-state index contributed by atoms with van der Waals surface area (Å²) in [6, 6.07) is 3.71. The molecule has 1 atom stereocenters. The van der Waals surface area contributed by atoms with E-state index < -0.39 is 0 Å². The van der Waals surface area contributed by atoms with Crippen molar-refractivity contribution >= 4 is 15.9 Å². The Morgan fingerprint density at radius 2 is 1.87 bits per heavy atom. The number of rotatable bonds is 4. The first-order valence-electron chi connectivity index (χ1n) is 4.67. The molecule has 1 aromatic carbocycles. The lowest BCUT2D eigenvalue weighted by Gasteiger charge is -2.13. The second-order valence-corrected chi connectivity index (χ2v) is 4.21. The predicted octanol–water partition coefficient (Wildman–Crippen LogP) is 2.39. The molecule has 1 aromatic rings. The van der Waals surface area contributed by atoms with E-state index in [1.54, 1.807) is 21.1 Å². The second-order valence-electron chi connectivity index (χ2n) is 3.35. The molecule has 1 N–H and O–H groups in total. The molecule has 0 saturated heterocycles. The molecule has 84 valence electrons. The Bertz CT molecular complexity index is 337. The molecule has 1 rings (SSSR count). The molecular weight excluding hydrogens is 260 g/mol. The first-order valence-corrected chi connectivity index (χ1v) is 5.46. The van der Waals surface area contributed by atoms with Gasteiger partial charge in [0, 0.05) is 12.5 Å². The van der Waals surface area contributed by atoms with Crippen LogP contribution >= 0.6 is 15.9 Å². The summed E-state index contributed by atoms with van der Waals surface area (Å²) in [5, 5.41) is 9.34. The van der Waals surface area contributed by atoms with Crippen LogP contribution in [0, 0.1) is 0 Å². The van der Waals surface area contributed by atoms with Crippen LogP contribution in [-0.4, -0.2) is 25.4 Å². The standard InChI is InChI=1S/C11H15BrO3/c1-7(13)4-8-5-9(12)11(15-3)6-10(8)14-2/h5-7,13H,4H2,1-3H3. The third-order valence-electron chi connectivity index (χ3n) is 2.07. The monoisotopic (exact) mass is 274 g/mol. The second kappa shape index (κ2) is 5.37. The minimum absolute atomic E-state index is 0.390. The van der Waals surface area contributed by atoms with Gasteiger partial charge in [0.05, 0.1) is 24.8 Å². The number of ether oxygens (including phenoxy) is 2. The molecule has 0 heterocycles. The average Bonchev–Trinajstić information content (AvgIpc) is 2.17. The number of aliphatic hydroxyl groups excluding tert-OH is 1. The van der Waals surface area contributed by atoms with Crippen LogP contribution in [0.2, 0.25) is 0 Å². The molecule has 0 aliphatic carbocycles. The van der Waals surface area contributed by atoms with Gasteiger partial charge in [-0.15, -0.1) is 0 Å². The summed E-state index contributed by atoms with van der Waals surface area (Å²) in [5.41, 5.74) is 0.958. The maximum absolute atomic E-state index is 9.34. The summed E-state index contributed by atoms with van der Waals surface area (Å²) in [5.74, 6) is 1.46. The van der Waals surface area contributed by atoms with Crippen molar-refractivity contribution in [3.05, 3.63) is 22.2 Å². The van der Waals surface area contributed by atoms with Gasteiger partial charge in [0.2, 0.25) is 0 Å². The molecule has 1 unspecified atom stereocenters. The summed E-state index contributed by atoms with van der Waals surface area (Å²) in [6.07, 6.45) is 0.172. The van der Waals surface area contributed by atoms with Gasteiger partial charge in [0.1, 0.15) is 11.5 Å². The molecule has 0 spiro atoms. The number of hydrogen-bond acceptors (Lipinski definition) is 3. The largest absolute Gasteiger partial charge is 0.496 e. The number of benzene rings is 1. The van der Waals surface area contributed by atoms with Gasteiger partial charge in [-0.25, -0.2) is 0 Å². The maximum Gasteiger partial charge on any atom is 0.136 e. The van der Waals surface area contributed by atoms with E-state index in [0.717, 1.165) is 21.5 Å². The van der Waals surface area contributed by atoms with Gasteiger partial charge in [-0.05, 0) is 34.5 Å². The number of aliphatic hydroxyl groups is 1. The topological polar surface area (TPSA) is 38.7 Å². The number of hydrogen-bond donors (Lipinski definition) is 1. The fraction of sp³-hybridized carbons (Fsp3) is 0.455. The van der Waals surface area contributed by atoms with E-state index in [-0.39, 0.29) is 6.10 Å². The number of halogens is 1. The van der Waals surface area contributed by atoms with Crippen molar-refractivity contribution < 1.29 is 14.6 Å². The highest BCUT2D eigenvalue weighted by Gasteiger charge is 2.11. The Hall–Kier alpha value is -0.740. The van der Waals surface area contributed by atoms with Gasteiger partial charge in [-0.1, -0.05) is 0 Å². The summed E-state index contributed by atoms with van der Waals surface area (Å²) in [4.78, 5) is 0. The normalized spacial score (nSPS) is 12.3. The summed E-state index contributed by atoms with van der Waals surface area (Å²) >= 11 is 3.40. The molecule has 0 saturated carbocycles. The highest BCUT2D eigenvalue weighted by molar-refractivity contribution is 9.10. The molecule has 0 aromatic heterocycles. The molecule has 0 radical (unpaired) electrons. The van der Waals surface area contributed by atoms with E-state index in [4.69, 9.17) is 9.47 Å². The van der Waals surface area contributed by atoms with E-state index in [1.165, 1.54) is 0 Å². The zero-order valence-electron chi connectivity index (χ0n) is 9.08. The van der Waals surface area contributed by atoms with Gasteiger partial charge in [0.15, 0.2) is 0 Å². The Kier molecular flexibility index (Phi) is 4.42. The van der Waals surface area contributed by atoms with Crippen molar-refractivity contribution in [2.24, 2.45) is 0 Å². The molecular formula is C11H15BrO3. The Labute approximate surface area is 98.1 Å². The molecule has 3 nitrogen and oxygen atoms in total. The zero-order chi connectivity index (χ0) is 11.4. The van der Waals surface area contributed by atoms with E-state index in [0.29, 0.717) is 6.42 Å². The first kappa shape index (κ1) is 12.3. The van der Waals surface area contributed by atoms with Crippen LogP contribution in [0.15, 0.2) is 16.6 Å². The summed E-state index contributed by atoms with van der Waals surface area (Å²) in [6.45, 7) is 1.75. The molecule has 0 aliphatic rings.